The molecule has 3 aromatic carbocycles. The standard InChI is InChI=1S/C20H15NO4.H2O4S/c1-21-9-15-12(5-6-16(23-2)20(15)22)13-4-3-11-7-17-18(25-10-24-17)8-14(11)19(13)21;1-5(2,3)4/h3-9H,10H2,1-2H3;(H2,1,2,3,4). The molecule has 0 saturated carbocycles. The molecule has 0 fully saturated rings. The molecule has 0 atom stereocenters. The average molecular weight is 431 g/mol. The molecule has 156 valence electrons. The molecule has 0 amide bonds. The van der Waals surface area contributed by atoms with E-state index >= 15 is 0 Å². The summed E-state index contributed by atoms with van der Waals surface area (Å²) >= 11 is 0. The monoisotopic (exact) mass is 431 g/mol. The lowest BCUT2D eigenvalue weighted by Gasteiger charge is -2.10. The van der Waals surface area contributed by atoms with Gasteiger partial charge in [-0.3, -0.25) is 8.42 Å². The van der Waals surface area contributed by atoms with Crippen LogP contribution in [0.2, 0.25) is 0 Å². The minimum atomic E-state index is -5.17. The lowest BCUT2D eigenvalue weighted by atomic mass is 10.00. The van der Waals surface area contributed by atoms with Crippen molar-refractivity contribution in [3.8, 4) is 23.0 Å². The van der Waals surface area contributed by atoms with E-state index in [1.54, 1.807) is 13.2 Å². The number of rotatable bonds is 1. The Hall–Kier alpha value is -3.34. The highest BCUT2D eigenvalue weighted by Crippen LogP contribution is 2.41. The van der Waals surface area contributed by atoms with Gasteiger partial charge in [-0.2, -0.15) is 4.57 Å². The van der Waals surface area contributed by atoms with E-state index in [4.69, 9.17) is 31.7 Å². The van der Waals surface area contributed by atoms with E-state index in [2.05, 4.69) is 12.1 Å². The number of fused-ring (bicyclic) bond motifs is 6. The SMILES string of the molecule is COc1ccc2c(c[n+](C)c3c4cc5c(cc4ccc23)OCO5)c1O.O=S(=O)([O-])[O-].[H+]. The van der Waals surface area contributed by atoms with Gasteiger partial charge in [-0.05, 0) is 35.7 Å². The fraction of sp³-hybridized carbons (Fsp3) is 0.150. The second-order valence-electron chi connectivity index (χ2n) is 6.61. The molecule has 1 aliphatic heterocycles. The molecule has 0 radical (unpaired) electrons. The van der Waals surface area contributed by atoms with Gasteiger partial charge < -0.3 is 28.4 Å². The third-order valence-corrected chi connectivity index (χ3v) is 4.85. The molecule has 0 aliphatic carbocycles. The average Bonchev–Trinajstić information content (AvgIpc) is 3.13. The molecule has 0 bridgehead atoms. The first-order chi connectivity index (χ1) is 14.2. The number of hydrogen-bond acceptors (Lipinski definition) is 8. The zero-order valence-electron chi connectivity index (χ0n) is 16.9. The molecule has 30 heavy (non-hydrogen) atoms. The van der Waals surface area contributed by atoms with E-state index in [0.717, 1.165) is 43.9 Å². The maximum atomic E-state index is 10.5. The lowest BCUT2D eigenvalue weighted by Crippen LogP contribution is -2.28. The molecule has 1 N–H and O–H groups in total. The van der Waals surface area contributed by atoms with Gasteiger partial charge in [0.2, 0.25) is 12.3 Å². The topological polar surface area (TPSA) is 132 Å². The van der Waals surface area contributed by atoms with Crippen LogP contribution >= 0.6 is 0 Å². The third-order valence-electron chi connectivity index (χ3n) is 4.85. The second kappa shape index (κ2) is 7.17. The zero-order chi connectivity index (χ0) is 21.6. The molecule has 1 aromatic heterocycles. The van der Waals surface area contributed by atoms with Gasteiger partial charge in [0.1, 0.15) is 7.05 Å². The summed E-state index contributed by atoms with van der Waals surface area (Å²) in [6.45, 7) is 0.256. The summed E-state index contributed by atoms with van der Waals surface area (Å²) in [5.41, 5.74) is 1.08. The van der Waals surface area contributed by atoms with Crippen molar-refractivity contribution in [2.45, 2.75) is 0 Å². The highest BCUT2D eigenvalue weighted by atomic mass is 32.3. The molecular formula is C20H17NO8S. The van der Waals surface area contributed by atoms with Crippen molar-refractivity contribution in [2.24, 2.45) is 7.05 Å². The first-order valence-corrected chi connectivity index (χ1v) is 10.0. The summed E-state index contributed by atoms with van der Waals surface area (Å²) in [5.74, 6) is 2.16. The van der Waals surface area contributed by atoms with E-state index in [1.807, 2.05) is 36.0 Å². The first-order valence-electron chi connectivity index (χ1n) is 8.68. The summed E-state index contributed by atoms with van der Waals surface area (Å²) in [5, 5.41) is 15.5. The van der Waals surface area contributed by atoms with Gasteiger partial charge in [-0.15, -0.1) is 0 Å². The Labute approximate surface area is 172 Å². The van der Waals surface area contributed by atoms with Crippen LogP contribution in [-0.2, 0) is 17.4 Å². The van der Waals surface area contributed by atoms with Gasteiger partial charge in [0.05, 0.1) is 23.3 Å². The maximum absolute atomic E-state index is 10.5. The van der Waals surface area contributed by atoms with E-state index in [0.29, 0.717) is 5.75 Å². The van der Waals surface area contributed by atoms with Crippen LogP contribution in [0, 0.1) is 0 Å². The number of aromatic nitrogens is 1. The van der Waals surface area contributed by atoms with Gasteiger partial charge >= 0.3 is 1.43 Å². The minimum Gasteiger partial charge on any atom is -0.759 e. The zero-order valence-corrected chi connectivity index (χ0v) is 16.7. The number of aromatic hydroxyl groups is 1. The van der Waals surface area contributed by atoms with Gasteiger partial charge in [0, 0.05) is 15.8 Å². The van der Waals surface area contributed by atoms with Crippen molar-refractivity contribution in [3.05, 3.63) is 42.6 Å². The normalized spacial score (nSPS) is 12.8. The largest absolute Gasteiger partial charge is 1.00 e. The Morgan fingerprint density at radius 1 is 1.03 bits per heavy atom. The van der Waals surface area contributed by atoms with E-state index in [9.17, 15) is 5.11 Å². The molecule has 9 nitrogen and oxygen atoms in total. The van der Waals surface area contributed by atoms with Crippen LogP contribution in [0.1, 0.15) is 1.43 Å². The van der Waals surface area contributed by atoms with Crippen LogP contribution in [0.4, 0.5) is 0 Å². The van der Waals surface area contributed by atoms with Gasteiger partial charge in [-0.25, -0.2) is 0 Å². The molecular weight excluding hydrogens is 414 g/mol. The summed E-state index contributed by atoms with van der Waals surface area (Å²) in [6, 6.07) is 12.0. The predicted molar refractivity (Wildman–Crippen MR) is 106 cm³/mol. The van der Waals surface area contributed by atoms with Crippen LogP contribution in [0.5, 0.6) is 23.0 Å². The van der Waals surface area contributed by atoms with E-state index in [-0.39, 0.29) is 14.0 Å². The predicted octanol–water partition coefficient (Wildman–Crippen LogP) is 2.19. The van der Waals surface area contributed by atoms with Crippen LogP contribution in [0.3, 0.4) is 0 Å². The van der Waals surface area contributed by atoms with Crippen LogP contribution in [0.25, 0.3) is 32.4 Å². The van der Waals surface area contributed by atoms with Gasteiger partial charge in [-0.1, -0.05) is 6.07 Å². The van der Waals surface area contributed by atoms with Gasteiger partial charge in [0.25, 0.3) is 0 Å². The Bertz CT molecular complexity index is 1410. The molecule has 5 rings (SSSR count). The number of phenols is 1. The van der Waals surface area contributed by atoms with Crippen LogP contribution in [0.15, 0.2) is 42.6 Å². The molecule has 0 saturated heterocycles. The number of nitrogens with zero attached hydrogens (tertiary/aromatic N) is 1. The van der Waals surface area contributed by atoms with Crippen molar-refractivity contribution in [3.63, 3.8) is 0 Å². The molecule has 10 heteroatoms. The number of pyridine rings is 1. The fourth-order valence-electron chi connectivity index (χ4n) is 3.67. The summed E-state index contributed by atoms with van der Waals surface area (Å²) in [4.78, 5) is 0. The van der Waals surface area contributed by atoms with Gasteiger partial charge in [0.15, 0.2) is 29.2 Å². The fourth-order valence-corrected chi connectivity index (χ4v) is 3.67. The Morgan fingerprint density at radius 3 is 2.33 bits per heavy atom. The third kappa shape index (κ3) is 3.52. The first kappa shape index (κ1) is 20.0. The number of methoxy groups -OCH3 is 1. The molecule has 0 unspecified atom stereocenters. The van der Waals surface area contributed by atoms with Crippen molar-refractivity contribution in [1.82, 2.24) is 0 Å². The molecule has 0 spiro atoms. The van der Waals surface area contributed by atoms with Crippen molar-refractivity contribution in [1.29, 1.82) is 0 Å². The minimum absolute atomic E-state index is 0. The number of ether oxygens (including phenoxy) is 3. The Kier molecular flexibility index (Phi) is 4.77. The summed E-state index contributed by atoms with van der Waals surface area (Å²) in [7, 11) is -1.64. The Balaban J connectivity index is 0.000000411. The highest BCUT2D eigenvalue weighted by Gasteiger charge is 2.21. The van der Waals surface area contributed by atoms with Crippen molar-refractivity contribution >= 4 is 42.8 Å². The van der Waals surface area contributed by atoms with Crippen LogP contribution < -0.4 is 18.8 Å². The van der Waals surface area contributed by atoms with E-state index < -0.39 is 10.4 Å². The maximum Gasteiger partial charge on any atom is 1.00 e. The number of phenolic OH excluding ortho intramolecular Hbond substituents is 1. The number of aryl methyl sites for hydroxylation is 1. The quantitative estimate of drug-likeness (QED) is 0.210. The van der Waals surface area contributed by atoms with Crippen molar-refractivity contribution < 1.29 is 42.8 Å². The lowest BCUT2D eigenvalue weighted by molar-refractivity contribution is -0.642. The number of hydrogen-bond donors (Lipinski definition) is 1. The number of benzene rings is 3. The molecule has 2 heterocycles. The highest BCUT2D eigenvalue weighted by molar-refractivity contribution is 7.79. The summed E-state index contributed by atoms with van der Waals surface area (Å²) < 4.78 is 52.4. The van der Waals surface area contributed by atoms with Crippen molar-refractivity contribution in [2.75, 3.05) is 13.9 Å². The molecule has 4 aromatic rings. The van der Waals surface area contributed by atoms with E-state index in [1.165, 1.54) is 0 Å². The second-order valence-corrected chi connectivity index (χ2v) is 7.43. The smallest absolute Gasteiger partial charge is 0.759 e. The molecule has 1 aliphatic rings. The Morgan fingerprint density at radius 2 is 1.67 bits per heavy atom. The summed E-state index contributed by atoms with van der Waals surface area (Å²) in [6.07, 6.45) is 1.93. The van der Waals surface area contributed by atoms with Crippen LogP contribution in [-0.4, -0.2) is 36.5 Å².